The van der Waals surface area contributed by atoms with Crippen molar-refractivity contribution in [3.63, 3.8) is 0 Å². The van der Waals surface area contributed by atoms with E-state index in [1.54, 1.807) is 12.1 Å². The molecule has 18 heavy (non-hydrogen) atoms. The van der Waals surface area contributed by atoms with Crippen LogP contribution >= 0.6 is 0 Å². The van der Waals surface area contributed by atoms with Crippen LogP contribution in [0.2, 0.25) is 0 Å². The molecule has 1 N–H and O–H groups in total. The normalized spacial score (nSPS) is 10.4. The fourth-order valence-electron chi connectivity index (χ4n) is 1.75. The minimum atomic E-state index is 0.0747. The van der Waals surface area contributed by atoms with Gasteiger partial charge in [-0.05, 0) is 37.0 Å². The Balaban J connectivity index is 2.23. The lowest BCUT2D eigenvalue weighted by Crippen LogP contribution is -2.35. The second kappa shape index (κ2) is 7.71. The number of aryl methyl sites for hydroxylation is 1. The molecular formula is C14H22N2O2. The molecule has 0 unspecified atom stereocenters. The molecule has 0 aliphatic heterocycles. The molecule has 0 atom stereocenters. The summed E-state index contributed by atoms with van der Waals surface area (Å²) in [6.07, 6.45) is 3.46. The summed E-state index contributed by atoms with van der Waals surface area (Å²) in [4.78, 5) is 11.4. The zero-order valence-corrected chi connectivity index (χ0v) is 11.4. The minimum Gasteiger partial charge on any atom is -0.497 e. The van der Waals surface area contributed by atoms with Crippen LogP contribution in [0.1, 0.15) is 24.8 Å². The number of ether oxygens (including phenoxy) is 1. The van der Waals surface area contributed by atoms with E-state index in [-0.39, 0.29) is 5.91 Å². The molecule has 4 nitrogen and oxygen atoms in total. The lowest BCUT2D eigenvalue weighted by atomic mass is 10.1. The Hall–Kier alpha value is -1.55. The van der Waals surface area contributed by atoms with Crippen LogP contribution in [0.25, 0.3) is 0 Å². The number of hydrogen-bond donors (Lipinski definition) is 1. The van der Waals surface area contributed by atoms with Crippen LogP contribution < -0.4 is 10.2 Å². The average molecular weight is 250 g/mol. The predicted molar refractivity (Wildman–Crippen MR) is 72.4 cm³/mol. The summed E-state index contributed by atoms with van der Waals surface area (Å²) in [7, 11) is 5.30. The van der Waals surface area contributed by atoms with E-state index in [0.29, 0.717) is 6.42 Å². The van der Waals surface area contributed by atoms with Crippen molar-refractivity contribution in [1.29, 1.82) is 0 Å². The molecule has 0 saturated carbocycles. The molecule has 1 rings (SSSR count). The molecule has 0 aliphatic rings. The van der Waals surface area contributed by atoms with Crippen LogP contribution in [0.15, 0.2) is 24.3 Å². The second-order valence-corrected chi connectivity index (χ2v) is 4.49. The molecule has 0 bridgehead atoms. The number of rotatable bonds is 7. The van der Waals surface area contributed by atoms with Gasteiger partial charge < -0.3 is 4.74 Å². The van der Waals surface area contributed by atoms with E-state index < -0.39 is 0 Å². The summed E-state index contributed by atoms with van der Waals surface area (Å²) in [6.45, 7) is 0. The van der Waals surface area contributed by atoms with Gasteiger partial charge in [0.05, 0.1) is 7.11 Å². The number of methoxy groups -OCH3 is 1. The Kier molecular flexibility index (Phi) is 6.22. The number of benzene rings is 1. The van der Waals surface area contributed by atoms with Gasteiger partial charge in [0, 0.05) is 20.5 Å². The quantitative estimate of drug-likeness (QED) is 0.594. The monoisotopic (exact) mass is 250 g/mol. The lowest BCUT2D eigenvalue weighted by Gasteiger charge is -2.11. The first-order chi connectivity index (χ1) is 8.61. The smallest absolute Gasteiger partial charge is 0.234 e. The van der Waals surface area contributed by atoms with Crippen LogP contribution in [-0.2, 0) is 11.2 Å². The first-order valence-electron chi connectivity index (χ1n) is 6.21. The summed E-state index contributed by atoms with van der Waals surface area (Å²) < 4.78 is 5.17. The van der Waals surface area contributed by atoms with Crippen molar-refractivity contribution < 1.29 is 9.53 Å². The topological polar surface area (TPSA) is 41.6 Å². The third-order valence-corrected chi connectivity index (χ3v) is 2.60. The molecule has 0 heterocycles. The highest BCUT2D eigenvalue weighted by Crippen LogP contribution is 2.14. The Bertz CT molecular complexity index is 378. The first-order valence-corrected chi connectivity index (χ1v) is 6.21. The summed E-state index contributed by atoms with van der Waals surface area (Å²) in [5.41, 5.74) is 3.99. The van der Waals surface area contributed by atoms with Crippen molar-refractivity contribution in [3.8, 4) is 5.75 Å². The predicted octanol–water partition coefficient (Wildman–Crippen LogP) is 2.00. The lowest BCUT2D eigenvalue weighted by molar-refractivity contribution is -0.124. The highest BCUT2D eigenvalue weighted by molar-refractivity contribution is 5.75. The van der Waals surface area contributed by atoms with Crippen molar-refractivity contribution in [3.05, 3.63) is 29.8 Å². The highest BCUT2D eigenvalue weighted by atomic mass is 16.5. The van der Waals surface area contributed by atoms with Gasteiger partial charge in [-0.25, -0.2) is 5.01 Å². The fraction of sp³-hybridized carbons (Fsp3) is 0.500. The van der Waals surface area contributed by atoms with Gasteiger partial charge in [-0.2, -0.15) is 0 Å². The molecule has 0 spiro atoms. The van der Waals surface area contributed by atoms with Crippen LogP contribution in [0.5, 0.6) is 5.75 Å². The minimum absolute atomic E-state index is 0.0747. The number of hydrogen-bond acceptors (Lipinski definition) is 3. The maximum absolute atomic E-state index is 11.4. The molecular weight excluding hydrogens is 228 g/mol. The summed E-state index contributed by atoms with van der Waals surface area (Å²) in [5.74, 6) is 0.962. The van der Waals surface area contributed by atoms with E-state index in [4.69, 9.17) is 4.74 Å². The molecule has 0 aromatic heterocycles. The summed E-state index contributed by atoms with van der Waals surface area (Å²) >= 11 is 0. The van der Waals surface area contributed by atoms with E-state index in [0.717, 1.165) is 25.0 Å². The number of hydrazine groups is 1. The molecule has 1 aromatic carbocycles. The molecule has 1 amide bonds. The van der Waals surface area contributed by atoms with Crippen LogP contribution in [0, 0.1) is 0 Å². The number of nitrogens with one attached hydrogen (secondary N) is 1. The molecule has 0 radical (unpaired) electrons. The van der Waals surface area contributed by atoms with E-state index in [1.807, 2.05) is 32.3 Å². The Labute approximate surface area is 109 Å². The second-order valence-electron chi connectivity index (χ2n) is 4.49. The van der Waals surface area contributed by atoms with E-state index >= 15 is 0 Å². The maximum atomic E-state index is 11.4. The first kappa shape index (κ1) is 14.5. The van der Waals surface area contributed by atoms with Crippen molar-refractivity contribution in [2.75, 3.05) is 21.2 Å². The number of carbonyl (C=O) groups excluding carboxylic acids is 1. The Morgan fingerprint density at radius 1 is 1.33 bits per heavy atom. The van der Waals surface area contributed by atoms with Gasteiger partial charge in [0.2, 0.25) is 5.91 Å². The average Bonchev–Trinajstić information content (AvgIpc) is 2.34. The van der Waals surface area contributed by atoms with Gasteiger partial charge >= 0.3 is 0 Å². The van der Waals surface area contributed by atoms with E-state index in [1.165, 1.54) is 5.56 Å². The number of unbranched alkanes of at least 4 members (excludes halogenated alkanes) is 1. The van der Waals surface area contributed by atoms with Crippen LogP contribution in [-0.4, -0.2) is 32.1 Å². The van der Waals surface area contributed by atoms with Gasteiger partial charge in [-0.15, -0.1) is 0 Å². The van der Waals surface area contributed by atoms with Crippen molar-refractivity contribution in [2.24, 2.45) is 0 Å². The zero-order chi connectivity index (χ0) is 13.4. The molecule has 0 fully saturated rings. The molecule has 100 valence electrons. The molecule has 4 heteroatoms. The SMILES string of the molecule is COc1cccc(CCCCC(=O)NN(C)C)c1. The largest absolute Gasteiger partial charge is 0.497 e. The molecule has 1 aromatic rings. The van der Waals surface area contributed by atoms with Gasteiger partial charge in [0.25, 0.3) is 0 Å². The maximum Gasteiger partial charge on any atom is 0.234 e. The van der Waals surface area contributed by atoms with Crippen LogP contribution in [0.4, 0.5) is 0 Å². The number of carbonyl (C=O) groups is 1. The number of nitrogens with zero attached hydrogens (tertiary/aromatic N) is 1. The summed E-state index contributed by atoms with van der Waals surface area (Å²) in [5, 5.41) is 1.67. The van der Waals surface area contributed by atoms with Crippen molar-refractivity contribution in [2.45, 2.75) is 25.7 Å². The van der Waals surface area contributed by atoms with E-state index in [9.17, 15) is 4.79 Å². The van der Waals surface area contributed by atoms with Gasteiger partial charge in [0.1, 0.15) is 5.75 Å². The molecule has 0 aliphatic carbocycles. The third kappa shape index (κ3) is 5.68. The van der Waals surface area contributed by atoms with Gasteiger partial charge in [-0.1, -0.05) is 12.1 Å². The Morgan fingerprint density at radius 3 is 2.78 bits per heavy atom. The summed E-state index contributed by atoms with van der Waals surface area (Å²) in [6, 6.07) is 8.06. The third-order valence-electron chi connectivity index (χ3n) is 2.60. The fourth-order valence-corrected chi connectivity index (χ4v) is 1.75. The highest BCUT2D eigenvalue weighted by Gasteiger charge is 2.02. The molecule has 0 saturated heterocycles. The standard InChI is InChI=1S/C14H22N2O2/c1-16(2)15-14(17)10-5-4-7-12-8-6-9-13(11-12)18-3/h6,8-9,11H,4-5,7,10H2,1-3H3,(H,15,17). The van der Waals surface area contributed by atoms with Crippen molar-refractivity contribution >= 4 is 5.91 Å². The zero-order valence-electron chi connectivity index (χ0n) is 11.4. The van der Waals surface area contributed by atoms with Gasteiger partial charge in [-0.3, -0.25) is 10.2 Å². The van der Waals surface area contributed by atoms with Crippen molar-refractivity contribution in [1.82, 2.24) is 10.4 Å². The van der Waals surface area contributed by atoms with Gasteiger partial charge in [0.15, 0.2) is 0 Å². The number of amides is 1. The van der Waals surface area contributed by atoms with E-state index in [2.05, 4.69) is 11.5 Å². The van der Waals surface area contributed by atoms with Crippen LogP contribution in [0.3, 0.4) is 0 Å². The Morgan fingerprint density at radius 2 is 2.11 bits per heavy atom.